The lowest BCUT2D eigenvalue weighted by atomic mass is 10.1. The Labute approximate surface area is 214 Å². The fourth-order valence-electron chi connectivity index (χ4n) is 4.39. The molecule has 1 aromatic heterocycles. The second-order valence-electron chi connectivity index (χ2n) is 9.08. The first kappa shape index (κ1) is 25.3. The largest absolute Gasteiger partial charge is 0.490 e. The number of esters is 1. The molecule has 0 saturated carbocycles. The summed E-state index contributed by atoms with van der Waals surface area (Å²) < 4.78 is 13.9. The van der Waals surface area contributed by atoms with Gasteiger partial charge in [-0.05, 0) is 66.9 Å². The van der Waals surface area contributed by atoms with Crippen LogP contribution in [0.25, 0.3) is 22.2 Å². The van der Waals surface area contributed by atoms with Gasteiger partial charge in [-0.3, -0.25) is 0 Å². The summed E-state index contributed by atoms with van der Waals surface area (Å²) in [5.74, 6) is 0.574. The molecule has 0 saturated heterocycles. The van der Waals surface area contributed by atoms with E-state index in [0.29, 0.717) is 18.6 Å². The van der Waals surface area contributed by atoms with Crippen LogP contribution < -0.4 is 4.74 Å². The van der Waals surface area contributed by atoms with Gasteiger partial charge in [0.15, 0.2) is 0 Å². The number of carbonyl (C=O) groups is 1. The number of rotatable bonds is 12. The standard InChI is InChI=1S/C32H35NO3/c1-3-4-6-16-29(36-32(34)26-13-7-5-8-14-26)17-11-12-23-35-28-21-19-25(20-22-28)31-24-27-15-9-10-18-30(27)33(31)2/h5,7-15,18-22,24,29H,3-4,6,16-17,23H2,1-2H3/b12-11+. The number of hydrogen-bond acceptors (Lipinski definition) is 3. The minimum absolute atomic E-state index is 0.124. The molecule has 186 valence electrons. The summed E-state index contributed by atoms with van der Waals surface area (Å²) in [7, 11) is 2.10. The molecule has 0 amide bonds. The molecular weight excluding hydrogens is 446 g/mol. The van der Waals surface area contributed by atoms with Gasteiger partial charge in [0.2, 0.25) is 0 Å². The van der Waals surface area contributed by atoms with Gasteiger partial charge in [0, 0.05) is 30.1 Å². The van der Waals surface area contributed by atoms with Crippen molar-refractivity contribution in [2.24, 2.45) is 7.05 Å². The molecule has 1 unspecified atom stereocenters. The van der Waals surface area contributed by atoms with Crippen LogP contribution in [0.4, 0.5) is 0 Å². The zero-order valence-electron chi connectivity index (χ0n) is 21.2. The van der Waals surface area contributed by atoms with Crippen molar-refractivity contribution in [3.63, 3.8) is 0 Å². The van der Waals surface area contributed by atoms with Crippen molar-refractivity contribution in [1.82, 2.24) is 4.57 Å². The Morgan fingerprint density at radius 1 is 0.917 bits per heavy atom. The van der Waals surface area contributed by atoms with E-state index in [4.69, 9.17) is 9.47 Å². The highest BCUT2D eigenvalue weighted by Crippen LogP contribution is 2.28. The zero-order valence-corrected chi connectivity index (χ0v) is 21.2. The minimum Gasteiger partial charge on any atom is -0.490 e. The monoisotopic (exact) mass is 481 g/mol. The second kappa shape index (κ2) is 12.8. The lowest BCUT2D eigenvalue weighted by Gasteiger charge is -2.16. The van der Waals surface area contributed by atoms with E-state index in [0.717, 1.165) is 37.0 Å². The number of benzene rings is 3. The summed E-state index contributed by atoms with van der Waals surface area (Å²) in [6.45, 7) is 2.65. The lowest BCUT2D eigenvalue weighted by Crippen LogP contribution is -2.18. The highest BCUT2D eigenvalue weighted by molar-refractivity contribution is 5.89. The molecule has 0 bridgehead atoms. The van der Waals surface area contributed by atoms with Crippen molar-refractivity contribution in [2.45, 2.75) is 45.1 Å². The first-order chi connectivity index (χ1) is 17.7. The maximum Gasteiger partial charge on any atom is 0.338 e. The van der Waals surface area contributed by atoms with Crippen molar-refractivity contribution >= 4 is 16.9 Å². The Morgan fingerprint density at radius 3 is 2.42 bits per heavy atom. The maximum atomic E-state index is 12.5. The summed E-state index contributed by atoms with van der Waals surface area (Å²) in [6.07, 6.45) is 8.82. The van der Waals surface area contributed by atoms with E-state index in [2.05, 4.69) is 67.1 Å². The van der Waals surface area contributed by atoms with Crippen LogP contribution in [0.3, 0.4) is 0 Å². The third kappa shape index (κ3) is 6.66. The van der Waals surface area contributed by atoms with E-state index in [-0.39, 0.29) is 12.1 Å². The Hall–Kier alpha value is -3.79. The Balaban J connectivity index is 1.29. The van der Waals surface area contributed by atoms with Crippen molar-refractivity contribution in [1.29, 1.82) is 0 Å². The van der Waals surface area contributed by atoms with Crippen LogP contribution in [-0.4, -0.2) is 23.2 Å². The normalized spacial score (nSPS) is 12.2. The van der Waals surface area contributed by atoms with Crippen molar-refractivity contribution < 1.29 is 14.3 Å². The predicted molar refractivity (Wildman–Crippen MR) is 147 cm³/mol. The molecule has 3 aromatic carbocycles. The van der Waals surface area contributed by atoms with Gasteiger partial charge in [0.05, 0.1) is 5.56 Å². The predicted octanol–water partition coefficient (Wildman–Crippen LogP) is 7.98. The SMILES string of the molecule is CCCCCC(C/C=C/COc1ccc(-c2cc3ccccc3n2C)cc1)OC(=O)c1ccccc1. The second-order valence-corrected chi connectivity index (χ2v) is 9.08. The van der Waals surface area contributed by atoms with Crippen LogP contribution >= 0.6 is 0 Å². The topological polar surface area (TPSA) is 40.5 Å². The van der Waals surface area contributed by atoms with Crippen molar-refractivity contribution in [3.8, 4) is 17.0 Å². The maximum absolute atomic E-state index is 12.5. The van der Waals surface area contributed by atoms with Gasteiger partial charge in [0.1, 0.15) is 18.5 Å². The Bertz CT molecular complexity index is 1270. The zero-order chi connectivity index (χ0) is 25.2. The van der Waals surface area contributed by atoms with E-state index in [1.165, 1.54) is 16.6 Å². The third-order valence-electron chi connectivity index (χ3n) is 6.43. The summed E-state index contributed by atoms with van der Waals surface area (Å²) in [5, 5.41) is 1.24. The van der Waals surface area contributed by atoms with Gasteiger partial charge in [-0.15, -0.1) is 0 Å². The molecule has 0 spiro atoms. The molecule has 0 aliphatic rings. The molecule has 1 atom stereocenters. The molecule has 0 fully saturated rings. The van der Waals surface area contributed by atoms with Crippen LogP contribution in [-0.2, 0) is 11.8 Å². The number of aromatic nitrogens is 1. The summed E-state index contributed by atoms with van der Waals surface area (Å²) in [4.78, 5) is 12.5. The number of unbranched alkanes of at least 4 members (excludes halogenated alkanes) is 2. The highest BCUT2D eigenvalue weighted by Gasteiger charge is 2.14. The average molecular weight is 482 g/mol. The molecule has 1 heterocycles. The fourth-order valence-corrected chi connectivity index (χ4v) is 4.39. The summed E-state index contributed by atoms with van der Waals surface area (Å²) in [5.41, 5.74) is 4.16. The molecular formula is C32H35NO3. The van der Waals surface area contributed by atoms with Crippen LogP contribution in [0.2, 0.25) is 0 Å². The van der Waals surface area contributed by atoms with E-state index < -0.39 is 0 Å². The smallest absolute Gasteiger partial charge is 0.338 e. The van der Waals surface area contributed by atoms with Crippen LogP contribution in [0.5, 0.6) is 5.75 Å². The van der Waals surface area contributed by atoms with E-state index in [1.54, 1.807) is 12.1 Å². The number of hydrogen-bond donors (Lipinski definition) is 0. The number of fused-ring (bicyclic) bond motifs is 1. The van der Waals surface area contributed by atoms with Crippen LogP contribution in [0.1, 0.15) is 49.4 Å². The van der Waals surface area contributed by atoms with Gasteiger partial charge < -0.3 is 14.0 Å². The van der Waals surface area contributed by atoms with Crippen molar-refractivity contribution in [3.05, 3.63) is 103 Å². The fraction of sp³-hybridized carbons (Fsp3) is 0.281. The molecule has 4 rings (SSSR count). The summed E-state index contributed by atoms with van der Waals surface area (Å²) in [6, 6.07) is 28.0. The van der Waals surface area contributed by atoms with Crippen LogP contribution in [0.15, 0.2) is 97.1 Å². The number of nitrogens with zero attached hydrogens (tertiary/aromatic N) is 1. The number of ether oxygens (including phenoxy) is 2. The van der Waals surface area contributed by atoms with E-state index in [9.17, 15) is 4.79 Å². The lowest BCUT2D eigenvalue weighted by molar-refractivity contribution is 0.0283. The minimum atomic E-state index is -0.257. The van der Waals surface area contributed by atoms with Crippen molar-refractivity contribution in [2.75, 3.05) is 6.61 Å². The molecule has 0 aliphatic carbocycles. The average Bonchev–Trinajstić information content (AvgIpc) is 3.25. The van der Waals surface area contributed by atoms with Gasteiger partial charge in [0.25, 0.3) is 0 Å². The van der Waals surface area contributed by atoms with Gasteiger partial charge in [-0.2, -0.15) is 0 Å². The molecule has 36 heavy (non-hydrogen) atoms. The number of aryl methyl sites for hydroxylation is 1. The Kier molecular flexibility index (Phi) is 8.98. The molecule has 4 heteroatoms. The quantitative estimate of drug-likeness (QED) is 0.117. The Morgan fingerprint density at radius 2 is 1.67 bits per heavy atom. The first-order valence-corrected chi connectivity index (χ1v) is 12.8. The first-order valence-electron chi connectivity index (χ1n) is 12.8. The third-order valence-corrected chi connectivity index (χ3v) is 6.43. The van der Waals surface area contributed by atoms with E-state index in [1.807, 2.05) is 36.4 Å². The van der Waals surface area contributed by atoms with E-state index >= 15 is 0 Å². The number of carbonyl (C=O) groups excluding carboxylic acids is 1. The van der Waals surface area contributed by atoms with Gasteiger partial charge in [-0.25, -0.2) is 4.79 Å². The van der Waals surface area contributed by atoms with Gasteiger partial charge >= 0.3 is 5.97 Å². The van der Waals surface area contributed by atoms with Gasteiger partial charge in [-0.1, -0.05) is 68.3 Å². The summed E-state index contributed by atoms with van der Waals surface area (Å²) >= 11 is 0. The highest BCUT2D eigenvalue weighted by atomic mass is 16.5. The molecule has 0 aliphatic heterocycles. The molecule has 0 radical (unpaired) electrons. The van der Waals surface area contributed by atoms with Crippen LogP contribution in [0, 0.1) is 0 Å². The molecule has 4 nitrogen and oxygen atoms in total. The number of para-hydroxylation sites is 1. The molecule has 0 N–H and O–H groups in total. The molecule has 4 aromatic rings.